The van der Waals surface area contributed by atoms with E-state index in [-0.39, 0.29) is 41.4 Å². The third-order valence-corrected chi connectivity index (χ3v) is 7.69. The number of rotatable bonds is 9. The number of nitrogens with zero attached hydrogens (tertiary/aromatic N) is 4. The molecule has 5 rings (SSSR count). The zero-order valence-electron chi connectivity index (χ0n) is 25.0. The molecule has 0 radical (unpaired) electrons. The number of amides is 2. The molecular weight excluding hydrogens is 556 g/mol. The zero-order chi connectivity index (χ0) is 31.2. The first-order valence-corrected chi connectivity index (χ1v) is 14.5. The van der Waals surface area contributed by atoms with Gasteiger partial charge in [0.15, 0.2) is 11.6 Å². The molecular formula is C35H34N4O5. The second kappa shape index (κ2) is 13.4. The van der Waals surface area contributed by atoms with Gasteiger partial charge in [0.25, 0.3) is 11.8 Å². The molecule has 0 saturated carbocycles. The van der Waals surface area contributed by atoms with Gasteiger partial charge in [-0.25, -0.2) is 4.98 Å². The molecule has 2 aromatic carbocycles. The Kier molecular flexibility index (Phi) is 9.23. The van der Waals surface area contributed by atoms with Crippen LogP contribution in [-0.2, 0) is 6.42 Å². The Morgan fingerprint density at radius 2 is 1.45 bits per heavy atom. The van der Waals surface area contributed by atoms with E-state index in [9.17, 15) is 19.2 Å². The van der Waals surface area contributed by atoms with Gasteiger partial charge in [0.2, 0.25) is 5.88 Å². The fourth-order valence-electron chi connectivity index (χ4n) is 5.05. The van der Waals surface area contributed by atoms with Crippen molar-refractivity contribution in [3.8, 4) is 11.6 Å². The minimum Gasteiger partial charge on any atom is -0.439 e. The number of ketones is 2. The molecule has 0 bridgehead atoms. The first kappa shape index (κ1) is 30.3. The third kappa shape index (κ3) is 7.23. The second-order valence-corrected chi connectivity index (χ2v) is 11.2. The lowest BCUT2D eigenvalue weighted by atomic mass is 9.88. The smallest absolute Gasteiger partial charge is 0.272 e. The number of piperidine rings is 1. The van der Waals surface area contributed by atoms with Crippen LogP contribution in [0.15, 0.2) is 85.2 Å². The largest absolute Gasteiger partial charge is 0.439 e. The molecule has 2 aromatic heterocycles. The first-order chi connectivity index (χ1) is 21.2. The number of Topliss-reactive ketones (excluding diaryl/α,β-unsaturated/α-hetero) is 2. The van der Waals surface area contributed by atoms with Gasteiger partial charge in [0.1, 0.15) is 11.4 Å². The minimum atomic E-state index is -0.205. The highest BCUT2D eigenvalue weighted by molar-refractivity contribution is 5.99. The number of carbonyl (C=O) groups is 4. The van der Waals surface area contributed by atoms with Gasteiger partial charge in [-0.3, -0.25) is 24.2 Å². The molecule has 1 fully saturated rings. The quantitative estimate of drug-likeness (QED) is 0.239. The summed E-state index contributed by atoms with van der Waals surface area (Å²) >= 11 is 0. The summed E-state index contributed by atoms with van der Waals surface area (Å²) in [7, 11) is 3.39. The van der Waals surface area contributed by atoms with Crippen LogP contribution in [0.5, 0.6) is 11.6 Å². The summed E-state index contributed by atoms with van der Waals surface area (Å²) in [6.07, 6.45) is 4.34. The molecule has 1 aliphatic rings. The highest BCUT2D eigenvalue weighted by Crippen LogP contribution is 2.24. The Morgan fingerprint density at radius 3 is 2.05 bits per heavy atom. The van der Waals surface area contributed by atoms with Crippen LogP contribution in [0.1, 0.15) is 65.5 Å². The number of benzene rings is 2. The van der Waals surface area contributed by atoms with E-state index in [0.29, 0.717) is 59.8 Å². The number of ether oxygens (including phenoxy) is 1. The Labute approximate surface area is 256 Å². The number of hydrogen-bond acceptors (Lipinski definition) is 7. The minimum absolute atomic E-state index is 0.0937. The third-order valence-electron chi connectivity index (χ3n) is 7.69. The van der Waals surface area contributed by atoms with Crippen molar-refractivity contribution < 1.29 is 23.9 Å². The molecule has 4 aromatic rings. The lowest BCUT2D eigenvalue weighted by molar-refractivity contribution is 0.0645. The van der Waals surface area contributed by atoms with Gasteiger partial charge in [0, 0.05) is 74.7 Å². The molecule has 1 saturated heterocycles. The van der Waals surface area contributed by atoms with Crippen molar-refractivity contribution in [2.75, 3.05) is 27.2 Å². The summed E-state index contributed by atoms with van der Waals surface area (Å²) in [5.74, 6) is 0.478. The summed E-state index contributed by atoms with van der Waals surface area (Å²) in [5, 5.41) is 0. The van der Waals surface area contributed by atoms with Crippen molar-refractivity contribution in [1.82, 2.24) is 19.8 Å². The molecule has 9 heteroatoms. The number of hydrogen-bond donors (Lipinski definition) is 0. The van der Waals surface area contributed by atoms with Crippen LogP contribution in [0.3, 0.4) is 0 Å². The van der Waals surface area contributed by atoms with Gasteiger partial charge >= 0.3 is 0 Å². The van der Waals surface area contributed by atoms with Crippen molar-refractivity contribution >= 4 is 23.4 Å². The van der Waals surface area contributed by atoms with Gasteiger partial charge in [0.05, 0.1) is 0 Å². The highest BCUT2D eigenvalue weighted by atomic mass is 16.5. The van der Waals surface area contributed by atoms with Crippen LogP contribution in [0.4, 0.5) is 0 Å². The fraction of sp³-hybridized carbons (Fsp3) is 0.257. The Morgan fingerprint density at radius 1 is 0.795 bits per heavy atom. The van der Waals surface area contributed by atoms with Crippen molar-refractivity contribution in [3.05, 3.63) is 119 Å². The normalized spacial score (nSPS) is 13.3. The average Bonchev–Trinajstić information content (AvgIpc) is 3.05. The summed E-state index contributed by atoms with van der Waals surface area (Å²) in [6.45, 7) is 2.96. The van der Waals surface area contributed by atoms with Crippen LogP contribution in [0.25, 0.3) is 0 Å². The molecule has 1 aliphatic heterocycles. The predicted octanol–water partition coefficient (Wildman–Crippen LogP) is 5.44. The Hall–Kier alpha value is -5.18. The number of pyridine rings is 2. The van der Waals surface area contributed by atoms with Gasteiger partial charge in [-0.2, -0.15) is 0 Å². The highest BCUT2D eigenvalue weighted by Gasteiger charge is 2.29. The van der Waals surface area contributed by atoms with E-state index in [1.165, 1.54) is 11.1 Å². The number of likely N-dealkylation sites (tertiary alicyclic amines) is 1. The van der Waals surface area contributed by atoms with Crippen molar-refractivity contribution in [2.45, 2.75) is 26.2 Å². The van der Waals surface area contributed by atoms with E-state index in [1.807, 2.05) is 31.2 Å². The molecule has 224 valence electrons. The lowest BCUT2D eigenvalue weighted by Gasteiger charge is -2.31. The van der Waals surface area contributed by atoms with Gasteiger partial charge in [-0.15, -0.1) is 0 Å². The molecule has 9 nitrogen and oxygen atoms in total. The standard InChI is InChI=1S/C35H34N4O5/c1-23-4-7-25(8-5-23)33(41)26-16-18-39(19-17-26)35(43)30-14-11-28(22-36-30)31(40)20-24-6-15-32(37-21-24)44-29-12-9-27(10-13-29)34(42)38(2)3/h4-15,21-22,26H,16-20H2,1-3H3. The van der Waals surface area contributed by atoms with E-state index in [2.05, 4.69) is 9.97 Å². The Bertz CT molecular complexity index is 1640. The molecule has 0 atom stereocenters. The van der Waals surface area contributed by atoms with Crippen LogP contribution >= 0.6 is 0 Å². The monoisotopic (exact) mass is 590 g/mol. The molecule has 0 aliphatic carbocycles. The average molecular weight is 591 g/mol. The molecule has 0 N–H and O–H groups in total. The molecule has 0 spiro atoms. The lowest BCUT2D eigenvalue weighted by Crippen LogP contribution is -2.40. The SMILES string of the molecule is Cc1ccc(C(=O)C2CCN(C(=O)c3ccc(C(=O)Cc4ccc(Oc5ccc(C(=O)N(C)C)cc5)nc4)cn3)CC2)cc1. The van der Waals surface area contributed by atoms with Crippen molar-refractivity contribution in [3.63, 3.8) is 0 Å². The molecule has 44 heavy (non-hydrogen) atoms. The first-order valence-electron chi connectivity index (χ1n) is 14.5. The van der Waals surface area contributed by atoms with Gasteiger partial charge in [-0.05, 0) is 61.7 Å². The van der Waals surface area contributed by atoms with Gasteiger partial charge < -0.3 is 14.5 Å². The molecule has 2 amide bonds. The topological polar surface area (TPSA) is 110 Å². The van der Waals surface area contributed by atoms with Crippen LogP contribution < -0.4 is 4.74 Å². The van der Waals surface area contributed by atoms with Crippen molar-refractivity contribution in [2.24, 2.45) is 5.92 Å². The molecule has 3 heterocycles. The van der Waals surface area contributed by atoms with Crippen LogP contribution in [-0.4, -0.2) is 70.3 Å². The second-order valence-electron chi connectivity index (χ2n) is 11.2. The van der Waals surface area contributed by atoms with E-state index >= 15 is 0 Å². The zero-order valence-corrected chi connectivity index (χ0v) is 25.0. The van der Waals surface area contributed by atoms with E-state index < -0.39 is 0 Å². The number of aromatic nitrogens is 2. The number of aryl methyl sites for hydroxylation is 1. The van der Waals surface area contributed by atoms with Crippen LogP contribution in [0.2, 0.25) is 0 Å². The molecule has 0 unspecified atom stereocenters. The summed E-state index contributed by atoms with van der Waals surface area (Å²) in [4.78, 5) is 62.6. The fourth-order valence-corrected chi connectivity index (χ4v) is 5.05. The van der Waals surface area contributed by atoms with Crippen LogP contribution in [0, 0.1) is 12.8 Å². The summed E-state index contributed by atoms with van der Waals surface area (Å²) < 4.78 is 5.76. The maximum absolute atomic E-state index is 13.0. The number of carbonyl (C=O) groups excluding carboxylic acids is 4. The van der Waals surface area contributed by atoms with E-state index in [1.54, 1.807) is 73.7 Å². The maximum Gasteiger partial charge on any atom is 0.272 e. The van der Waals surface area contributed by atoms with E-state index in [4.69, 9.17) is 4.74 Å². The van der Waals surface area contributed by atoms with Gasteiger partial charge in [-0.1, -0.05) is 35.9 Å². The summed E-state index contributed by atoms with van der Waals surface area (Å²) in [6, 6.07) is 21.0. The van der Waals surface area contributed by atoms with Crippen molar-refractivity contribution in [1.29, 1.82) is 0 Å². The maximum atomic E-state index is 13.0. The Balaban J connectivity index is 1.11. The van der Waals surface area contributed by atoms with E-state index in [0.717, 1.165) is 5.56 Å². The summed E-state index contributed by atoms with van der Waals surface area (Å²) in [5.41, 5.74) is 3.76. The predicted molar refractivity (Wildman–Crippen MR) is 165 cm³/mol.